The van der Waals surface area contributed by atoms with Gasteiger partial charge in [-0.2, -0.15) is 0 Å². The van der Waals surface area contributed by atoms with Crippen molar-refractivity contribution in [1.82, 2.24) is 15.5 Å². The number of halogens is 1. The van der Waals surface area contributed by atoms with E-state index in [-0.39, 0.29) is 0 Å². The summed E-state index contributed by atoms with van der Waals surface area (Å²) in [5.41, 5.74) is 1.68. The van der Waals surface area contributed by atoms with Gasteiger partial charge in [-0.25, -0.2) is 0 Å². The Morgan fingerprint density at radius 3 is 2.90 bits per heavy atom. The van der Waals surface area contributed by atoms with E-state index in [1.165, 1.54) is 12.8 Å². The number of rotatable bonds is 6. The molecule has 1 aromatic carbocycles. The van der Waals surface area contributed by atoms with Crippen LogP contribution in [0.4, 0.5) is 11.7 Å². The van der Waals surface area contributed by atoms with Crippen LogP contribution < -0.4 is 15.4 Å². The van der Waals surface area contributed by atoms with E-state index in [0.717, 1.165) is 11.3 Å². The first-order chi connectivity index (χ1) is 10.2. The van der Waals surface area contributed by atoms with Gasteiger partial charge < -0.3 is 19.8 Å². The molecule has 21 heavy (non-hydrogen) atoms. The van der Waals surface area contributed by atoms with Crippen molar-refractivity contribution in [3.63, 3.8) is 0 Å². The Bertz CT molecular complexity index is 640. The molecule has 1 aliphatic rings. The summed E-state index contributed by atoms with van der Waals surface area (Å²) in [5.74, 6) is 1.19. The molecule has 1 saturated carbocycles. The second kappa shape index (κ2) is 5.91. The van der Waals surface area contributed by atoms with Gasteiger partial charge in [0.15, 0.2) is 0 Å². The van der Waals surface area contributed by atoms with E-state index in [1.807, 2.05) is 13.0 Å². The van der Waals surface area contributed by atoms with E-state index >= 15 is 0 Å². The standard InChI is InChI=1S/C14H17ClN4O2/c1-8-5-11(12(20-2)6-10(8)15)17-14-19-18-13(21-14)7-16-9-3-4-9/h5-6,9,16H,3-4,7H2,1-2H3,(H,17,19). The zero-order valence-corrected chi connectivity index (χ0v) is 12.7. The van der Waals surface area contributed by atoms with E-state index in [0.29, 0.717) is 35.3 Å². The van der Waals surface area contributed by atoms with Crippen LogP contribution in [0.25, 0.3) is 0 Å². The summed E-state index contributed by atoms with van der Waals surface area (Å²) in [6.45, 7) is 2.52. The Kier molecular flexibility index (Phi) is 3.98. The van der Waals surface area contributed by atoms with E-state index < -0.39 is 0 Å². The average Bonchev–Trinajstić information content (AvgIpc) is 3.20. The van der Waals surface area contributed by atoms with E-state index in [2.05, 4.69) is 20.8 Å². The largest absolute Gasteiger partial charge is 0.495 e. The first-order valence-electron chi connectivity index (χ1n) is 6.82. The number of methoxy groups -OCH3 is 1. The monoisotopic (exact) mass is 308 g/mol. The molecule has 0 atom stereocenters. The van der Waals surface area contributed by atoms with Gasteiger partial charge in [-0.3, -0.25) is 0 Å². The minimum atomic E-state index is 0.336. The number of aryl methyl sites for hydroxylation is 1. The molecule has 0 amide bonds. The van der Waals surface area contributed by atoms with Gasteiger partial charge in [0.05, 0.1) is 19.3 Å². The number of nitrogens with zero attached hydrogens (tertiary/aromatic N) is 2. The highest BCUT2D eigenvalue weighted by Gasteiger charge is 2.21. The summed E-state index contributed by atoms with van der Waals surface area (Å²) >= 11 is 6.08. The molecule has 0 aliphatic heterocycles. The number of hydrogen-bond acceptors (Lipinski definition) is 6. The fraction of sp³-hybridized carbons (Fsp3) is 0.429. The molecule has 0 radical (unpaired) electrons. The van der Waals surface area contributed by atoms with Crippen LogP contribution in [-0.4, -0.2) is 23.3 Å². The Morgan fingerprint density at radius 1 is 1.38 bits per heavy atom. The maximum atomic E-state index is 6.08. The van der Waals surface area contributed by atoms with E-state index in [1.54, 1.807) is 13.2 Å². The average molecular weight is 309 g/mol. The van der Waals surface area contributed by atoms with Gasteiger partial charge in [-0.1, -0.05) is 16.7 Å². The topological polar surface area (TPSA) is 72.2 Å². The fourth-order valence-electron chi connectivity index (χ4n) is 1.94. The second-order valence-corrected chi connectivity index (χ2v) is 5.49. The molecule has 3 rings (SSSR count). The SMILES string of the molecule is COc1cc(Cl)c(C)cc1Nc1nnc(CNC2CC2)o1. The number of ether oxygens (including phenoxy) is 1. The first kappa shape index (κ1) is 14.2. The summed E-state index contributed by atoms with van der Waals surface area (Å²) in [7, 11) is 1.59. The summed E-state index contributed by atoms with van der Waals surface area (Å²) in [5, 5.41) is 15.0. The summed E-state index contributed by atoms with van der Waals surface area (Å²) in [4.78, 5) is 0. The van der Waals surface area contributed by atoms with Crippen LogP contribution in [0, 0.1) is 6.92 Å². The lowest BCUT2D eigenvalue weighted by Gasteiger charge is -2.10. The molecule has 112 valence electrons. The Morgan fingerprint density at radius 2 is 2.19 bits per heavy atom. The lowest BCUT2D eigenvalue weighted by Crippen LogP contribution is -2.15. The van der Waals surface area contributed by atoms with Gasteiger partial charge in [0.25, 0.3) is 0 Å². The molecule has 0 spiro atoms. The highest BCUT2D eigenvalue weighted by Crippen LogP contribution is 2.32. The summed E-state index contributed by atoms with van der Waals surface area (Å²) in [6.07, 6.45) is 2.45. The Hall–Kier alpha value is -1.79. The van der Waals surface area contributed by atoms with Crippen LogP contribution in [0.5, 0.6) is 5.75 Å². The molecule has 1 aliphatic carbocycles. The number of nitrogens with one attached hydrogen (secondary N) is 2. The third-order valence-electron chi connectivity index (χ3n) is 3.31. The van der Waals surface area contributed by atoms with Gasteiger partial charge in [-0.15, -0.1) is 5.10 Å². The zero-order chi connectivity index (χ0) is 14.8. The minimum absolute atomic E-state index is 0.336. The molecule has 2 aromatic rings. The normalized spacial score (nSPS) is 14.2. The number of aromatic nitrogens is 2. The third kappa shape index (κ3) is 3.46. The maximum Gasteiger partial charge on any atom is 0.320 e. The Balaban J connectivity index is 1.71. The van der Waals surface area contributed by atoms with E-state index in [4.69, 9.17) is 20.8 Å². The van der Waals surface area contributed by atoms with Gasteiger partial charge in [0.2, 0.25) is 5.89 Å². The maximum absolute atomic E-state index is 6.08. The molecular formula is C14H17ClN4O2. The van der Waals surface area contributed by atoms with Gasteiger partial charge in [-0.05, 0) is 31.4 Å². The fourth-order valence-corrected chi connectivity index (χ4v) is 2.09. The molecule has 7 heteroatoms. The van der Waals surface area contributed by atoms with E-state index in [9.17, 15) is 0 Å². The van der Waals surface area contributed by atoms with Crippen molar-refractivity contribution in [2.45, 2.75) is 32.4 Å². The predicted octanol–water partition coefficient (Wildman–Crippen LogP) is 3.04. The van der Waals surface area contributed by atoms with Crippen molar-refractivity contribution in [2.24, 2.45) is 0 Å². The number of hydrogen-bond donors (Lipinski definition) is 2. The molecule has 6 nitrogen and oxygen atoms in total. The number of benzene rings is 1. The lowest BCUT2D eigenvalue weighted by molar-refractivity contribution is 0.416. The highest BCUT2D eigenvalue weighted by atomic mass is 35.5. The zero-order valence-electron chi connectivity index (χ0n) is 11.9. The molecular weight excluding hydrogens is 292 g/mol. The smallest absolute Gasteiger partial charge is 0.320 e. The van der Waals surface area contributed by atoms with Gasteiger partial charge >= 0.3 is 6.01 Å². The van der Waals surface area contributed by atoms with Gasteiger partial charge in [0, 0.05) is 17.1 Å². The van der Waals surface area contributed by atoms with Crippen molar-refractivity contribution in [3.8, 4) is 5.75 Å². The molecule has 0 saturated heterocycles. The van der Waals surface area contributed by atoms with Crippen LogP contribution in [-0.2, 0) is 6.54 Å². The predicted molar refractivity (Wildman–Crippen MR) is 80.2 cm³/mol. The lowest BCUT2D eigenvalue weighted by atomic mass is 10.2. The molecule has 1 aromatic heterocycles. The molecule has 1 heterocycles. The van der Waals surface area contributed by atoms with Crippen LogP contribution in [0.3, 0.4) is 0 Å². The van der Waals surface area contributed by atoms with Crippen LogP contribution >= 0.6 is 11.6 Å². The third-order valence-corrected chi connectivity index (χ3v) is 3.72. The molecule has 0 bridgehead atoms. The van der Waals surface area contributed by atoms with Crippen molar-refractivity contribution in [2.75, 3.05) is 12.4 Å². The summed E-state index contributed by atoms with van der Waals surface area (Å²) in [6, 6.07) is 4.58. The molecule has 1 fully saturated rings. The van der Waals surface area contributed by atoms with Crippen LogP contribution in [0.1, 0.15) is 24.3 Å². The second-order valence-electron chi connectivity index (χ2n) is 5.08. The number of anilines is 2. The van der Waals surface area contributed by atoms with Crippen molar-refractivity contribution < 1.29 is 9.15 Å². The molecule has 0 unspecified atom stereocenters. The first-order valence-corrected chi connectivity index (χ1v) is 7.20. The summed E-state index contributed by atoms with van der Waals surface area (Å²) < 4.78 is 10.8. The Labute approximate surface area is 127 Å². The highest BCUT2D eigenvalue weighted by molar-refractivity contribution is 6.31. The van der Waals surface area contributed by atoms with Gasteiger partial charge in [0.1, 0.15) is 5.75 Å². The molecule has 2 N–H and O–H groups in total. The van der Waals surface area contributed by atoms with Crippen molar-refractivity contribution >= 4 is 23.3 Å². The van der Waals surface area contributed by atoms with Crippen molar-refractivity contribution in [1.29, 1.82) is 0 Å². The minimum Gasteiger partial charge on any atom is -0.495 e. The quantitative estimate of drug-likeness (QED) is 0.854. The van der Waals surface area contributed by atoms with Crippen LogP contribution in [0.15, 0.2) is 16.5 Å². The van der Waals surface area contributed by atoms with Crippen molar-refractivity contribution in [3.05, 3.63) is 28.6 Å². The van der Waals surface area contributed by atoms with Crippen LogP contribution in [0.2, 0.25) is 5.02 Å².